The Kier molecular flexibility index (Phi) is 5.37. The number of aryl methyl sites for hydroxylation is 1. The molecule has 1 amide bonds. The molecular formula is C21H22FN3O2S. The molecule has 1 fully saturated rings. The van der Waals surface area contributed by atoms with E-state index in [1.165, 1.54) is 23.6 Å². The lowest BCUT2D eigenvalue weighted by Crippen LogP contribution is -2.45. The Hall–Kier alpha value is -2.38. The Labute approximate surface area is 166 Å². The number of halogens is 1. The molecule has 28 heavy (non-hydrogen) atoms. The Morgan fingerprint density at radius 2 is 2.14 bits per heavy atom. The molecule has 0 radical (unpaired) electrons. The van der Waals surface area contributed by atoms with E-state index in [-0.39, 0.29) is 17.6 Å². The SMILES string of the molecule is Cc1ccc(C(F)c2cc(C(=O)N[C@H]3CCCC[C@@H]3O)nc3ccsc23)cn1. The van der Waals surface area contributed by atoms with Crippen molar-refractivity contribution in [3.63, 3.8) is 0 Å². The highest BCUT2D eigenvalue weighted by Gasteiger charge is 2.26. The topological polar surface area (TPSA) is 75.1 Å². The number of thiophene rings is 1. The number of carbonyl (C=O) groups is 1. The van der Waals surface area contributed by atoms with E-state index >= 15 is 4.39 Å². The lowest BCUT2D eigenvalue weighted by Gasteiger charge is -2.28. The Morgan fingerprint density at radius 3 is 2.89 bits per heavy atom. The Morgan fingerprint density at radius 1 is 1.32 bits per heavy atom. The molecule has 7 heteroatoms. The number of aromatic nitrogens is 2. The van der Waals surface area contributed by atoms with Crippen LogP contribution in [0.2, 0.25) is 0 Å². The number of fused-ring (bicyclic) bond motifs is 1. The molecule has 0 spiro atoms. The maximum Gasteiger partial charge on any atom is 0.270 e. The molecule has 0 aliphatic heterocycles. The molecule has 3 atom stereocenters. The summed E-state index contributed by atoms with van der Waals surface area (Å²) in [5, 5.41) is 14.8. The molecule has 1 unspecified atom stereocenters. The number of carbonyl (C=O) groups excluding carboxylic acids is 1. The van der Waals surface area contributed by atoms with Crippen LogP contribution < -0.4 is 5.32 Å². The smallest absolute Gasteiger partial charge is 0.270 e. The third kappa shape index (κ3) is 3.77. The van der Waals surface area contributed by atoms with Gasteiger partial charge in [0.1, 0.15) is 5.69 Å². The van der Waals surface area contributed by atoms with Gasteiger partial charge in [-0.1, -0.05) is 18.9 Å². The zero-order valence-electron chi connectivity index (χ0n) is 15.6. The van der Waals surface area contributed by atoms with Gasteiger partial charge in [-0.2, -0.15) is 0 Å². The van der Waals surface area contributed by atoms with Crippen LogP contribution in [0.5, 0.6) is 0 Å². The fraction of sp³-hybridized carbons (Fsp3) is 0.381. The van der Waals surface area contributed by atoms with Crippen molar-refractivity contribution in [3.05, 3.63) is 58.4 Å². The summed E-state index contributed by atoms with van der Waals surface area (Å²) in [4.78, 5) is 21.4. The first-order valence-corrected chi connectivity index (χ1v) is 10.3. The van der Waals surface area contributed by atoms with Gasteiger partial charge in [-0.25, -0.2) is 9.37 Å². The van der Waals surface area contributed by atoms with Crippen LogP contribution in [0.25, 0.3) is 10.2 Å². The molecule has 0 bridgehead atoms. The average Bonchev–Trinajstić information content (AvgIpc) is 3.17. The third-order valence-corrected chi connectivity index (χ3v) is 6.17. The van der Waals surface area contributed by atoms with Crippen LogP contribution in [0, 0.1) is 6.92 Å². The highest BCUT2D eigenvalue weighted by Crippen LogP contribution is 2.34. The van der Waals surface area contributed by atoms with Crippen LogP contribution in [-0.4, -0.2) is 33.1 Å². The van der Waals surface area contributed by atoms with Gasteiger partial charge in [0.15, 0.2) is 6.17 Å². The lowest BCUT2D eigenvalue weighted by atomic mass is 9.92. The number of rotatable bonds is 4. The molecule has 1 saturated carbocycles. The van der Waals surface area contributed by atoms with Crippen molar-refractivity contribution < 1.29 is 14.3 Å². The number of pyridine rings is 2. The zero-order chi connectivity index (χ0) is 19.7. The fourth-order valence-electron chi connectivity index (χ4n) is 3.62. The summed E-state index contributed by atoms with van der Waals surface area (Å²) in [5.41, 5.74) is 2.44. The van der Waals surface area contributed by atoms with Crippen LogP contribution in [0.1, 0.15) is 59.2 Å². The molecule has 2 N–H and O–H groups in total. The normalized spacial score (nSPS) is 20.8. The summed E-state index contributed by atoms with van der Waals surface area (Å²) < 4.78 is 16.1. The summed E-state index contributed by atoms with van der Waals surface area (Å²) >= 11 is 1.40. The fourth-order valence-corrected chi connectivity index (χ4v) is 4.48. The molecule has 3 heterocycles. The zero-order valence-corrected chi connectivity index (χ0v) is 16.4. The van der Waals surface area contributed by atoms with Gasteiger partial charge in [0.2, 0.25) is 0 Å². The summed E-state index contributed by atoms with van der Waals surface area (Å²) in [6.45, 7) is 1.85. The molecule has 3 aromatic rings. The van der Waals surface area contributed by atoms with Gasteiger partial charge in [-0.3, -0.25) is 9.78 Å². The van der Waals surface area contributed by atoms with E-state index in [0.29, 0.717) is 23.1 Å². The van der Waals surface area contributed by atoms with Crippen LogP contribution >= 0.6 is 11.3 Å². The minimum atomic E-state index is -1.40. The van der Waals surface area contributed by atoms with Gasteiger partial charge in [-0.05, 0) is 43.3 Å². The Bertz CT molecular complexity index is 989. The summed E-state index contributed by atoms with van der Waals surface area (Å²) in [6, 6.07) is 6.51. The monoisotopic (exact) mass is 399 g/mol. The predicted molar refractivity (Wildman–Crippen MR) is 107 cm³/mol. The van der Waals surface area contributed by atoms with Gasteiger partial charge in [0, 0.05) is 23.0 Å². The number of nitrogens with zero attached hydrogens (tertiary/aromatic N) is 2. The van der Waals surface area contributed by atoms with E-state index in [0.717, 1.165) is 29.7 Å². The van der Waals surface area contributed by atoms with E-state index in [2.05, 4.69) is 15.3 Å². The second kappa shape index (κ2) is 7.93. The molecule has 0 aromatic carbocycles. The standard InChI is InChI=1S/C21H22FN3O2S/c1-12-6-7-13(11-23-12)19(22)14-10-17(24-16-8-9-28-20(14)16)21(27)25-15-4-2-3-5-18(15)26/h6-11,15,18-19,26H,2-5H2,1H3,(H,25,27)/t15-,18-,19?/m0/s1. The predicted octanol–water partition coefficient (Wildman–Crippen LogP) is 4.09. The maximum atomic E-state index is 15.3. The van der Waals surface area contributed by atoms with Crippen molar-refractivity contribution >= 4 is 27.5 Å². The van der Waals surface area contributed by atoms with Gasteiger partial charge >= 0.3 is 0 Å². The number of alkyl halides is 1. The minimum Gasteiger partial charge on any atom is -0.391 e. The number of nitrogens with one attached hydrogen (secondary N) is 1. The van der Waals surface area contributed by atoms with Crippen molar-refractivity contribution in [2.75, 3.05) is 0 Å². The summed E-state index contributed by atoms with van der Waals surface area (Å²) in [6.07, 6.45) is 2.93. The molecular weight excluding hydrogens is 377 g/mol. The highest BCUT2D eigenvalue weighted by molar-refractivity contribution is 7.17. The second-order valence-corrected chi connectivity index (χ2v) is 8.18. The Balaban J connectivity index is 1.66. The van der Waals surface area contributed by atoms with E-state index < -0.39 is 12.3 Å². The number of hydrogen-bond acceptors (Lipinski definition) is 5. The van der Waals surface area contributed by atoms with E-state index in [4.69, 9.17) is 0 Å². The first kappa shape index (κ1) is 19.0. The maximum absolute atomic E-state index is 15.3. The van der Waals surface area contributed by atoms with Gasteiger partial charge in [0.05, 0.1) is 22.4 Å². The van der Waals surface area contributed by atoms with E-state index in [9.17, 15) is 9.90 Å². The van der Waals surface area contributed by atoms with Gasteiger partial charge in [0.25, 0.3) is 5.91 Å². The lowest BCUT2D eigenvalue weighted by molar-refractivity contribution is 0.0714. The van der Waals surface area contributed by atoms with Crippen LogP contribution in [0.3, 0.4) is 0 Å². The number of amides is 1. The third-order valence-electron chi connectivity index (χ3n) is 5.22. The molecule has 4 rings (SSSR count). The minimum absolute atomic E-state index is 0.168. The molecule has 1 aliphatic rings. The van der Waals surface area contributed by atoms with Crippen LogP contribution in [0.15, 0.2) is 35.8 Å². The number of aliphatic hydroxyl groups excluding tert-OH is 1. The quantitative estimate of drug-likeness (QED) is 0.693. The van der Waals surface area contributed by atoms with Crippen molar-refractivity contribution in [1.82, 2.24) is 15.3 Å². The second-order valence-electron chi connectivity index (χ2n) is 7.26. The largest absolute Gasteiger partial charge is 0.391 e. The molecule has 1 aliphatic carbocycles. The number of hydrogen-bond donors (Lipinski definition) is 2. The molecule has 5 nitrogen and oxygen atoms in total. The van der Waals surface area contributed by atoms with Gasteiger partial charge < -0.3 is 10.4 Å². The van der Waals surface area contributed by atoms with Crippen molar-refractivity contribution in [2.24, 2.45) is 0 Å². The van der Waals surface area contributed by atoms with Crippen molar-refractivity contribution in [1.29, 1.82) is 0 Å². The van der Waals surface area contributed by atoms with Crippen LogP contribution in [0.4, 0.5) is 4.39 Å². The van der Waals surface area contributed by atoms with Crippen molar-refractivity contribution in [3.8, 4) is 0 Å². The van der Waals surface area contributed by atoms with Crippen LogP contribution in [-0.2, 0) is 0 Å². The highest BCUT2D eigenvalue weighted by atomic mass is 32.1. The molecule has 0 saturated heterocycles. The van der Waals surface area contributed by atoms with E-state index in [1.54, 1.807) is 18.2 Å². The molecule has 146 valence electrons. The van der Waals surface area contributed by atoms with Crippen molar-refractivity contribution in [2.45, 2.75) is 50.9 Å². The van der Waals surface area contributed by atoms with E-state index in [1.807, 2.05) is 12.3 Å². The summed E-state index contributed by atoms with van der Waals surface area (Å²) in [5.74, 6) is -0.380. The molecule has 3 aromatic heterocycles. The summed E-state index contributed by atoms with van der Waals surface area (Å²) in [7, 11) is 0. The first-order chi connectivity index (χ1) is 13.5. The number of aliphatic hydroxyl groups is 1. The van der Waals surface area contributed by atoms with Gasteiger partial charge in [-0.15, -0.1) is 11.3 Å². The average molecular weight is 399 g/mol. The first-order valence-electron chi connectivity index (χ1n) is 9.46.